The van der Waals surface area contributed by atoms with E-state index in [-0.39, 0.29) is 11.4 Å². The second-order valence-corrected chi connectivity index (χ2v) is 2.86. The van der Waals surface area contributed by atoms with E-state index in [4.69, 9.17) is 16.9 Å². The lowest BCUT2D eigenvalue weighted by molar-refractivity contribution is -0.139. The van der Waals surface area contributed by atoms with Crippen LogP contribution >= 0.6 is 11.6 Å². The molecule has 1 aromatic rings. The summed E-state index contributed by atoms with van der Waals surface area (Å²) in [7, 11) is 1.28. The average molecular weight is 211 g/mol. The minimum atomic E-state index is -0.436. The number of nitriles is 1. The molecular formula is C9H7ClN2O2. The molecule has 4 nitrogen and oxygen atoms in total. The van der Waals surface area contributed by atoms with Crippen molar-refractivity contribution in [1.29, 1.82) is 5.26 Å². The van der Waals surface area contributed by atoms with Crippen LogP contribution in [0, 0.1) is 11.3 Å². The van der Waals surface area contributed by atoms with Gasteiger partial charge in [0.1, 0.15) is 6.07 Å². The number of carbonyl (C=O) groups is 1. The van der Waals surface area contributed by atoms with Crippen molar-refractivity contribution in [3.8, 4) is 6.07 Å². The second kappa shape index (κ2) is 4.58. The van der Waals surface area contributed by atoms with Crippen molar-refractivity contribution in [1.82, 2.24) is 4.98 Å². The summed E-state index contributed by atoms with van der Waals surface area (Å²) in [5.41, 5.74) is 0.665. The van der Waals surface area contributed by atoms with E-state index < -0.39 is 5.97 Å². The summed E-state index contributed by atoms with van der Waals surface area (Å²) in [6.45, 7) is 0. The predicted molar refractivity (Wildman–Crippen MR) is 49.7 cm³/mol. The molecule has 5 heteroatoms. The summed E-state index contributed by atoms with van der Waals surface area (Å²) in [6.07, 6.45) is 1.41. The number of ether oxygens (including phenoxy) is 1. The van der Waals surface area contributed by atoms with Crippen molar-refractivity contribution in [2.75, 3.05) is 7.11 Å². The number of rotatable bonds is 2. The first-order chi connectivity index (χ1) is 6.69. The van der Waals surface area contributed by atoms with Crippen LogP contribution in [0.2, 0.25) is 5.02 Å². The number of hydrogen-bond donors (Lipinski definition) is 0. The van der Waals surface area contributed by atoms with Gasteiger partial charge in [0, 0.05) is 6.20 Å². The summed E-state index contributed by atoms with van der Waals surface area (Å²) in [5.74, 6) is -0.436. The van der Waals surface area contributed by atoms with Gasteiger partial charge >= 0.3 is 5.97 Å². The van der Waals surface area contributed by atoms with Crippen LogP contribution in [0.3, 0.4) is 0 Å². The summed E-state index contributed by atoms with van der Waals surface area (Å²) >= 11 is 5.82. The van der Waals surface area contributed by atoms with E-state index >= 15 is 0 Å². The molecule has 0 spiro atoms. The van der Waals surface area contributed by atoms with Crippen molar-refractivity contribution in [3.63, 3.8) is 0 Å². The highest BCUT2D eigenvalue weighted by atomic mass is 35.5. The van der Waals surface area contributed by atoms with Crippen LogP contribution in [0.15, 0.2) is 12.3 Å². The predicted octanol–water partition coefficient (Wildman–Crippen LogP) is 1.32. The van der Waals surface area contributed by atoms with Gasteiger partial charge in [-0.05, 0) is 6.07 Å². The standard InChI is InChI=1S/C9H7ClN2O2/c1-14-8(13)4-7-9(10)6(5-11)2-3-12-7/h2-3H,4H2,1H3. The van der Waals surface area contributed by atoms with Crippen molar-refractivity contribution >= 4 is 17.6 Å². The Kier molecular flexibility index (Phi) is 3.43. The third-order valence-electron chi connectivity index (χ3n) is 1.62. The molecule has 0 aromatic carbocycles. The molecule has 0 bridgehead atoms. The van der Waals surface area contributed by atoms with Crippen LogP contribution in [0.25, 0.3) is 0 Å². The molecule has 0 aliphatic heterocycles. The SMILES string of the molecule is COC(=O)Cc1nccc(C#N)c1Cl. The Morgan fingerprint density at radius 3 is 3.07 bits per heavy atom. The molecular weight excluding hydrogens is 204 g/mol. The number of halogens is 1. The number of aromatic nitrogens is 1. The van der Waals surface area contributed by atoms with Gasteiger partial charge < -0.3 is 4.74 Å². The van der Waals surface area contributed by atoms with Gasteiger partial charge in [-0.1, -0.05) is 11.6 Å². The molecule has 0 N–H and O–H groups in total. The van der Waals surface area contributed by atoms with Gasteiger partial charge in [-0.15, -0.1) is 0 Å². The molecule has 0 unspecified atom stereocenters. The Morgan fingerprint density at radius 1 is 1.79 bits per heavy atom. The molecule has 1 aromatic heterocycles. The van der Waals surface area contributed by atoms with Crippen molar-refractivity contribution in [2.24, 2.45) is 0 Å². The van der Waals surface area contributed by atoms with Gasteiger partial charge in [-0.3, -0.25) is 9.78 Å². The highest BCUT2D eigenvalue weighted by Crippen LogP contribution is 2.18. The number of pyridine rings is 1. The van der Waals surface area contributed by atoms with Crippen molar-refractivity contribution in [2.45, 2.75) is 6.42 Å². The lowest BCUT2D eigenvalue weighted by Crippen LogP contribution is -2.07. The van der Waals surface area contributed by atoms with E-state index in [0.29, 0.717) is 11.3 Å². The quantitative estimate of drug-likeness (QED) is 0.691. The maximum absolute atomic E-state index is 10.9. The normalized spacial score (nSPS) is 9.21. The summed E-state index contributed by atoms with van der Waals surface area (Å²) in [6, 6.07) is 3.39. The number of nitrogens with zero attached hydrogens (tertiary/aromatic N) is 2. The van der Waals surface area contributed by atoms with E-state index in [1.165, 1.54) is 19.4 Å². The topological polar surface area (TPSA) is 63.0 Å². The molecule has 0 amide bonds. The molecule has 0 aliphatic carbocycles. The molecule has 0 saturated heterocycles. The first-order valence-corrected chi connectivity index (χ1v) is 4.17. The molecule has 0 radical (unpaired) electrons. The molecule has 0 aliphatic rings. The largest absolute Gasteiger partial charge is 0.469 e. The maximum Gasteiger partial charge on any atom is 0.311 e. The zero-order valence-corrected chi connectivity index (χ0v) is 8.21. The fraction of sp³-hybridized carbons (Fsp3) is 0.222. The third-order valence-corrected chi connectivity index (χ3v) is 2.04. The molecule has 14 heavy (non-hydrogen) atoms. The van der Waals surface area contributed by atoms with Crippen LogP contribution in [0.4, 0.5) is 0 Å². The van der Waals surface area contributed by atoms with Gasteiger partial charge in [0.25, 0.3) is 0 Å². The number of esters is 1. The lowest BCUT2D eigenvalue weighted by Gasteiger charge is -2.02. The molecule has 0 saturated carbocycles. The number of methoxy groups -OCH3 is 1. The minimum absolute atomic E-state index is 0.0230. The zero-order valence-electron chi connectivity index (χ0n) is 7.45. The first kappa shape index (κ1) is 10.5. The number of carbonyl (C=O) groups excluding carboxylic acids is 1. The molecule has 0 fully saturated rings. The van der Waals surface area contributed by atoms with Crippen molar-refractivity contribution < 1.29 is 9.53 Å². The maximum atomic E-state index is 10.9. The lowest BCUT2D eigenvalue weighted by atomic mass is 10.2. The highest BCUT2D eigenvalue weighted by molar-refractivity contribution is 6.32. The van der Waals surface area contributed by atoms with Gasteiger partial charge in [-0.2, -0.15) is 5.26 Å². The zero-order chi connectivity index (χ0) is 10.6. The van der Waals surface area contributed by atoms with Crippen LogP contribution < -0.4 is 0 Å². The van der Waals surface area contributed by atoms with Crippen molar-refractivity contribution in [3.05, 3.63) is 28.5 Å². The highest BCUT2D eigenvalue weighted by Gasteiger charge is 2.11. The molecule has 72 valence electrons. The van der Waals surface area contributed by atoms with Gasteiger partial charge in [0.15, 0.2) is 0 Å². The molecule has 0 atom stereocenters. The fourth-order valence-electron chi connectivity index (χ4n) is 0.906. The van der Waals surface area contributed by atoms with Crippen LogP contribution in [-0.2, 0) is 16.0 Å². The first-order valence-electron chi connectivity index (χ1n) is 3.79. The van der Waals surface area contributed by atoms with Crippen LogP contribution in [0.1, 0.15) is 11.3 Å². The molecule has 1 heterocycles. The minimum Gasteiger partial charge on any atom is -0.469 e. The van der Waals surface area contributed by atoms with Crippen LogP contribution in [0.5, 0.6) is 0 Å². The van der Waals surface area contributed by atoms with E-state index in [1.54, 1.807) is 0 Å². The summed E-state index contributed by atoms with van der Waals surface area (Å²) in [5, 5.41) is 8.86. The Bertz CT molecular complexity index is 398. The number of hydrogen-bond acceptors (Lipinski definition) is 4. The Morgan fingerprint density at radius 2 is 2.50 bits per heavy atom. The Hall–Kier alpha value is -1.60. The van der Waals surface area contributed by atoms with E-state index in [9.17, 15) is 4.79 Å². The van der Waals surface area contributed by atoms with E-state index in [2.05, 4.69) is 9.72 Å². The van der Waals surface area contributed by atoms with Crippen LogP contribution in [-0.4, -0.2) is 18.1 Å². The Balaban J connectivity index is 2.99. The average Bonchev–Trinajstić information content (AvgIpc) is 2.21. The third kappa shape index (κ3) is 2.21. The molecule has 1 rings (SSSR count). The van der Waals surface area contributed by atoms with Gasteiger partial charge in [0.2, 0.25) is 0 Å². The van der Waals surface area contributed by atoms with E-state index in [1.807, 2.05) is 6.07 Å². The van der Waals surface area contributed by atoms with Gasteiger partial charge in [0.05, 0.1) is 29.8 Å². The summed E-state index contributed by atoms with van der Waals surface area (Å²) in [4.78, 5) is 14.8. The fourth-order valence-corrected chi connectivity index (χ4v) is 1.13. The van der Waals surface area contributed by atoms with Gasteiger partial charge in [-0.25, -0.2) is 0 Å². The Labute approximate surface area is 86.1 Å². The second-order valence-electron chi connectivity index (χ2n) is 2.48. The monoisotopic (exact) mass is 210 g/mol. The smallest absolute Gasteiger partial charge is 0.311 e. The summed E-state index contributed by atoms with van der Waals surface area (Å²) < 4.78 is 4.46. The van der Waals surface area contributed by atoms with E-state index in [0.717, 1.165) is 0 Å².